The number of carbonyl (C=O) groups excluding carboxylic acids is 1. The van der Waals surface area contributed by atoms with E-state index in [9.17, 15) is 4.79 Å². The smallest absolute Gasteiger partial charge is 0.377 e. The number of fused-ring (bicyclic) bond motifs is 1. The zero-order valence-corrected chi connectivity index (χ0v) is 15.3. The Hall–Kier alpha value is -2.93. The molecule has 3 rings (SSSR count). The lowest BCUT2D eigenvalue weighted by atomic mass is 10.1. The number of anilines is 1. The summed E-state index contributed by atoms with van der Waals surface area (Å²) in [7, 11) is 1.20. The summed E-state index contributed by atoms with van der Waals surface area (Å²) in [5.74, 6) is -1.14. The van der Waals surface area contributed by atoms with Gasteiger partial charge in [-0.15, -0.1) is 0 Å². The lowest BCUT2D eigenvalue weighted by Crippen LogP contribution is -2.13. The Morgan fingerprint density at radius 1 is 1.28 bits per heavy atom. The van der Waals surface area contributed by atoms with Gasteiger partial charge in [-0.05, 0) is 52.0 Å². The summed E-state index contributed by atoms with van der Waals surface area (Å²) in [5.41, 5.74) is 6.00. The first-order chi connectivity index (χ1) is 12.1. The summed E-state index contributed by atoms with van der Waals surface area (Å²) in [6, 6.07) is 11.3. The molecule has 0 bridgehead atoms. The summed E-state index contributed by atoms with van der Waals surface area (Å²) in [4.78, 5) is 18.9. The Morgan fingerprint density at radius 3 is 2.72 bits per heavy atom. The van der Waals surface area contributed by atoms with E-state index in [1.807, 2.05) is 41.1 Å². The van der Waals surface area contributed by atoms with Crippen LogP contribution in [0.25, 0.3) is 21.7 Å². The third-order valence-corrected chi connectivity index (χ3v) is 4.00. The lowest BCUT2D eigenvalue weighted by Gasteiger charge is -2.00. The fourth-order valence-electron chi connectivity index (χ4n) is 2.14. The second-order valence-electron chi connectivity index (χ2n) is 4.97. The van der Waals surface area contributed by atoms with Gasteiger partial charge in [0.1, 0.15) is 5.65 Å². The number of benzene rings is 1. The summed E-state index contributed by atoms with van der Waals surface area (Å²) < 4.78 is 7.58. The maximum atomic E-state index is 11.3. The number of methoxy groups -OCH3 is 1. The molecular weight excluding hydrogens is 433 g/mol. The number of nitrogens with zero attached hydrogens (tertiary/aromatic N) is 4. The molecule has 0 amide bonds. The molecule has 25 heavy (non-hydrogen) atoms. The first-order valence-electron chi connectivity index (χ1n) is 7.15. The number of hydrazone groups is 1. The number of esters is 1. The predicted octanol–water partition coefficient (Wildman–Crippen LogP) is 3.42. The number of ether oxygens (including phenoxy) is 1. The lowest BCUT2D eigenvalue weighted by molar-refractivity contribution is -0.132. The van der Waals surface area contributed by atoms with Crippen molar-refractivity contribution in [2.24, 2.45) is 5.10 Å². The van der Waals surface area contributed by atoms with Crippen LogP contribution in [-0.4, -0.2) is 28.3 Å². The Kier molecular flexibility index (Phi) is 4.95. The van der Waals surface area contributed by atoms with Crippen LogP contribution in [0.5, 0.6) is 0 Å². The minimum absolute atomic E-state index is 0.360. The van der Waals surface area contributed by atoms with Crippen LogP contribution in [0, 0.1) is 10.1 Å². The molecule has 8 heteroatoms. The Balaban J connectivity index is 1.81. The monoisotopic (exact) mass is 445 g/mol. The second-order valence-corrected chi connectivity index (χ2v) is 6.21. The van der Waals surface area contributed by atoms with Gasteiger partial charge < -0.3 is 14.0 Å². The molecule has 124 valence electrons. The molecule has 0 fully saturated rings. The van der Waals surface area contributed by atoms with Crippen LogP contribution >= 0.6 is 22.6 Å². The van der Waals surface area contributed by atoms with Crippen LogP contribution < -0.4 is 5.43 Å². The highest BCUT2D eigenvalue weighted by Crippen LogP contribution is 2.22. The highest BCUT2D eigenvalue weighted by molar-refractivity contribution is 14.1. The molecule has 1 aromatic carbocycles. The van der Waals surface area contributed by atoms with Crippen molar-refractivity contribution in [1.82, 2.24) is 9.38 Å². The van der Waals surface area contributed by atoms with E-state index in [1.54, 1.807) is 12.1 Å². The van der Waals surface area contributed by atoms with E-state index >= 15 is 0 Å². The van der Waals surface area contributed by atoms with Crippen molar-refractivity contribution in [1.29, 1.82) is 0 Å². The second kappa shape index (κ2) is 7.31. The third kappa shape index (κ3) is 3.77. The molecule has 3 aromatic rings. The number of amidine groups is 1. The molecule has 0 unspecified atom stereocenters. The fraction of sp³-hybridized carbons (Fsp3) is 0.0588. The van der Waals surface area contributed by atoms with Crippen molar-refractivity contribution in [3.63, 3.8) is 0 Å². The molecule has 7 nitrogen and oxygen atoms in total. The third-order valence-electron chi connectivity index (χ3n) is 3.36. The first-order valence-corrected chi connectivity index (χ1v) is 8.23. The molecule has 0 aliphatic heterocycles. The van der Waals surface area contributed by atoms with Crippen LogP contribution in [0.3, 0.4) is 0 Å². The standard InChI is InChI=1S/C17H12IN5O2/c1-19-16(17(24)25-2)22-21-13-6-3-11(4-7-13)14-10-23-9-12(18)5-8-15(23)20-14/h3-10,21H,2H3. The number of imidazole rings is 1. The van der Waals surface area contributed by atoms with Gasteiger partial charge in [-0.3, -0.25) is 4.79 Å². The van der Waals surface area contributed by atoms with Gasteiger partial charge in [0.15, 0.2) is 0 Å². The fourth-order valence-corrected chi connectivity index (χ4v) is 2.62. The van der Waals surface area contributed by atoms with Crippen molar-refractivity contribution in [2.45, 2.75) is 0 Å². The normalized spacial score (nSPS) is 11.2. The zero-order valence-electron chi connectivity index (χ0n) is 13.1. The average Bonchev–Trinajstić information content (AvgIpc) is 3.05. The molecule has 0 spiro atoms. The Bertz CT molecular complexity index is 1000. The van der Waals surface area contributed by atoms with Crippen molar-refractivity contribution in [2.75, 3.05) is 12.5 Å². The van der Waals surface area contributed by atoms with Crippen molar-refractivity contribution in [3.8, 4) is 11.3 Å². The van der Waals surface area contributed by atoms with Crippen molar-refractivity contribution in [3.05, 3.63) is 63.8 Å². The molecule has 2 heterocycles. The number of halogens is 1. The van der Waals surface area contributed by atoms with E-state index < -0.39 is 5.97 Å². The van der Waals surface area contributed by atoms with Gasteiger partial charge >= 0.3 is 11.8 Å². The van der Waals surface area contributed by atoms with Gasteiger partial charge in [0.25, 0.3) is 0 Å². The van der Waals surface area contributed by atoms with Crippen LogP contribution in [0.15, 0.2) is 53.9 Å². The molecule has 0 aliphatic carbocycles. The van der Waals surface area contributed by atoms with Crippen LogP contribution in [-0.2, 0) is 9.53 Å². The van der Waals surface area contributed by atoms with Crippen LogP contribution in [0.1, 0.15) is 0 Å². The maximum Gasteiger partial charge on any atom is 0.377 e. The SMILES string of the molecule is [C-]#[N+]C(=NNc1ccc(-c2cn3cc(I)ccc3n2)cc1)C(=O)OC. The predicted molar refractivity (Wildman–Crippen MR) is 103 cm³/mol. The van der Waals surface area contributed by atoms with E-state index in [1.165, 1.54) is 7.11 Å². The minimum Gasteiger partial charge on any atom is -0.473 e. The molecule has 0 saturated carbocycles. The van der Waals surface area contributed by atoms with E-state index in [0.29, 0.717) is 5.69 Å². The van der Waals surface area contributed by atoms with Gasteiger partial charge in [0.2, 0.25) is 0 Å². The molecule has 0 aliphatic rings. The molecule has 0 radical (unpaired) electrons. The summed E-state index contributed by atoms with van der Waals surface area (Å²) in [6.45, 7) is 6.92. The number of nitrogens with one attached hydrogen (secondary N) is 1. The number of hydrogen-bond acceptors (Lipinski definition) is 5. The highest BCUT2D eigenvalue weighted by Gasteiger charge is 2.12. The number of pyridine rings is 1. The van der Waals surface area contributed by atoms with Gasteiger partial charge in [-0.25, -0.2) is 10.4 Å². The molecule has 0 atom stereocenters. The molecule has 1 N–H and O–H groups in total. The minimum atomic E-state index is -0.779. The molecule has 0 saturated heterocycles. The van der Waals surface area contributed by atoms with Gasteiger partial charge in [0, 0.05) is 21.5 Å². The zero-order chi connectivity index (χ0) is 17.8. The molecular formula is C17H12IN5O2. The summed E-state index contributed by atoms with van der Waals surface area (Å²) >= 11 is 2.26. The van der Waals surface area contributed by atoms with E-state index in [-0.39, 0.29) is 5.84 Å². The number of carbonyl (C=O) groups is 1. The van der Waals surface area contributed by atoms with E-state index in [4.69, 9.17) is 6.57 Å². The highest BCUT2D eigenvalue weighted by atomic mass is 127. The summed E-state index contributed by atoms with van der Waals surface area (Å²) in [6.07, 6.45) is 3.97. The number of rotatable bonds is 3. The maximum absolute atomic E-state index is 11.3. The number of aromatic nitrogens is 2. The van der Waals surface area contributed by atoms with Gasteiger partial charge in [-0.2, -0.15) is 0 Å². The van der Waals surface area contributed by atoms with Crippen molar-refractivity contribution >= 4 is 45.7 Å². The topological polar surface area (TPSA) is 72.3 Å². The Morgan fingerprint density at radius 2 is 2.04 bits per heavy atom. The van der Waals surface area contributed by atoms with Gasteiger partial charge in [0.05, 0.1) is 18.5 Å². The summed E-state index contributed by atoms with van der Waals surface area (Å²) in [5, 5.41) is 3.75. The first kappa shape index (κ1) is 16.9. The quantitative estimate of drug-likeness (QED) is 0.168. The van der Waals surface area contributed by atoms with Crippen LogP contribution in [0.4, 0.5) is 5.69 Å². The van der Waals surface area contributed by atoms with Crippen molar-refractivity contribution < 1.29 is 9.53 Å². The average molecular weight is 445 g/mol. The van der Waals surface area contributed by atoms with E-state index in [2.05, 4.69) is 47.7 Å². The number of hydrogen-bond donors (Lipinski definition) is 1. The molecule has 2 aromatic heterocycles. The van der Waals surface area contributed by atoms with E-state index in [0.717, 1.165) is 20.5 Å². The largest absolute Gasteiger partial charge is 0.473 e. The van der Waals surface area contributed by atoms with Crippen LogP contribution in [0.2, 0.25) is 0 Å². The Labute approximate surface area is 157 Å². The van der Waals surface area contributed by atoms with Gasteiger partial charge in [-0.1, -0.05) is 18.7 Å².